The minimum atomic E-state index is -0.213. The summed E-state index contributed by atoms with van der Waals surface area (Å²) in [4.78, 5) is 11.8. The first-order chi connectivity index (χ1) is 6.08. The normalized spacial score (nSPS) is 38.5. The Hall–Kier alpha value is -0.370. The summed E-state index contributed by atoms with van der Waals surface area (Å²) in [6.45, 7) is 4.05. The number of carbonyl (C=O) groups is 1. The highest BCUT2D eigenvalue weighted by Crippen LogP contribution is 2.37. The molecular weight excluding hydrogens is 164 g/mol. The molecule has 1 heterocycles. The molecule has 0 aromatic heterocycles. The SMILES string of the molecule is CC1(C)CC(=O)[C@H]2CCCC[C@H]2O1. The Labute approximate surface area is 79.7 Å². The van der Waals surface area contributed by atoms with Crippen LogP contribution < -0.4 is 0 Å². The quantitative estimate of drug-likeness (QED) is 0.574. The average Bonchev–Trinajstić information content (AvgIpc) is 2.02. The van der Waals surface area contributed by atoms with E-state index >= 15 is 0 Å². The van der Waals surface area contributed by atoms with Crippen molar-refractivity contribution in [2.24, 2.45) is 5.92 Å². The molecule has 2 rings (SSSR count). The second-order valence-corrected chi connectivity index (χ2v) is 4.95. The summed E-state index contributed by atoms with van der Waals surface area (Å²) in [5, 5.41) is 0. The smallest absolute Gasteiger partial charge is 0.141 e. The standard InChI is InChI=1S/C11H18O2/c1-11(2)7-9(12)8-5-3-4-6-10(8)13-11/h8,10H,3-7H2,1-2H3/t8-,10-/m1/s1. The largest absolute Gasteiger partial charge is 0.371 e. The van der Waals surface area contributed by atoms with Gasteiger partial charge in [-0.15, -0.1) is 0 Å². The highest BCUT2D eigenvalue weighted by atomic mass is 16.5. The molecule has 0 bridgehead atoms. The van der Waals surface area contributed by atoms with Crippen LogP contribution in [0.1, 0.15) is 46.0 Å². The second-order valence-electron chi connectivity index (χ2n) is 4.95. The molecule has 2 heteroatoms. The number of fused-ring (bicyclic) bond motifs is 1. The topological polar surface area (TPSA) is 26.3 Å². The first-order valence-corrected chi connectivity index (χ1v) is 5.29. The summed E-state index contributed by atoms with van der Waals surface area (Å²) in [7, 11) is 0. The Morgan fingerprint density at radius 1 is 1.31 bits per heavy atom. The van der Waals surface area contributed by atoms with Gasteiger partial charge in [-0.1, -0.05) is 12.8 Å². The number of Topliss-reactive ketones (excluding diaryl/α,β-unsaturated/α-hetero) is 1. The molecule has 0 unspecified atom stereocenters. The van der Waals surface area contributed by atoms with Gasteiger partial charge in [0.1, 0.15) is 5.78 Å². The lowest BCUT2D eigenvalue weighted by atomic mass is 9.77. The van der Waals surface area contributed by atoms with E-state index in [2.05, 4.69) is 0 Å². The van der Waals surface area contributed by atoms with E-state index in [9.17, 15) is 4.79 Å². The predicted molar refractivity (Wildman–Crippen MR) is 50.5 cm³/mol. The number of carbonyl (C=O) groups excluding carboxylic acids is 1. The molecule has 2 fully saturated rings. The van der Waals surface area contributed by atoms with E-state index in [1.165, 1.54) is 12.8 Å². The molecule has 2 nitrogen and oxygen atoms in total. The number of rotatable bonds is 0. The van der Waals surface area contributed by atoms with E-state index in [1.54, 1.807) is 0 Å². The molecule has 1 aliphatic carbocycles. The van der Waals surface area contributed by atoms with Crippen LogP contribution in [0, 0.1) is 5.92 Å². The monoisotopic (exact) mass is 182 g/mol. The van der Waals surface area contributed by atoms with Crippen LogP contribution in [0.2, 0.25) is 0 Å². The van der Waals surface area contributed by atoms with Crippen molar-refractivity contribution < 1.29 is 9.53 Å². The van der Waals surface area contributed by atoms with Crippen molar-refractivity contribution in [2.45, 2.75) is 57.7 Å². The fourth-order valence-corrected chi connectivity index (χ4v) is 2.61. The molecule has 13 heavy (non-hydrogen) atoms. The van der Waals surface area contributed by atoms with Crippen LogP contribution in [-0.4, -0.2) is 17.5 Å². The third-order valence-corrected chi connectivity index (χ3v) is 3.19. The third-order valence-electron chi connectivity index (χ3n) is 3.19. The summed E-state index contributed by atoms with van der Waals surface area (Å²) in [5.41, 5.74) is -0.213. The molecule has 2 atom stereocenters. The van der Waals surface area contributed by atoms with Gasteiger partial charge in [-0.05, 0) is 26.7 Å². The molecule has 0 aromatic carbocycles. The zero-order valence-electron chi connectivity index (χ0n) is 8.51. The third kappa shape index (κ3) is 1.78. The van der Waals surface area contributed by atoms with Crippen molar-refractivity contribution >= 4 is 5.78 Å². The van der Waals surface area contributed by atoms with Gasteiger partial charge in [-0.25, -0.2) is 0 Å². The fraction of sp³-hybridized carbons (Fsp3) is 0.909. The Balaban J connectivity index is 2.12. The van der Waals surface area contributed by atoms with Crippen molar-refractivity contribution in [3.05, 3.63) is 0 Å². The van der Waals surface area contributed by atoms with Crippen molar-refractivity contribution in [3.63, 3.8) is 0 Å². The van der Waals surface area contributed by atoms with Crippen LogP contribution in [0.5, 0.6) is 0 Å². The molecule has 0 amide bonds. The fourth-order valence-electron chi connectivity index (χ4n) is 2.61. The van der Waals surface area contributed by atoms with Crippen molar-refractivity contribution in [1.82, 2.24) is 0 Å². The number of hydrogen-bond donors (Lipinski definition) is 0. The van der Waals surface area contributed by atoms with E-state index in [-0.39, 0.29) is 17.6 Å². The maximum absolute atomic E-state index is 11.8. The van der Waals surface area contributed by atoms with Crippen LogP contribution in [-0.2, 0) is 9.53 Å². The second kappa shape index (κ2) is 3.09. The Morgan fingerprint density at radius 2 is 2.00 bits per heavy atom. The summed E-state index contributed by atoms with van der Waals surface area (Å²) in [6, 6.07) is 0. The van der Waals surface area contributed by atoms with Gasteiger partial charge in [0.15, 0.2) is 0 Å². The molecule has 1 saturated carbocycles. The van der Waals surface area contributed by atoms with Gasteiger partial charge in [-0.3, -0.25) is 4.79 Å². The lowest BCUT2D eigenvalue weighted by Crippen LogP contribution is -2.47. The Bertz CT molecular complexity index is 220. The molecule has 0 aromatic rings. The first kappa shape index (κ1) is 9.20. The van der Waals surface area contributed by atoms with Gasteiger partial charge in [-0.2, -0.15) is 0 Å². The molecule has 0 radical (unpaired) electrons. The molecule has 74 valence electrons. The predicted octanol–water partition coefficient (Wildman–Crippen LogP) is 2.31. The zero-order valence-corrected chi connectivity index (χ0v) is 8.51. The van der Waals surface area contributed by atoms with Crippen LogP contribution in [0.3, 0.4) is 0 Å². The molecule has 0 N–H and O–H groups in total. The first-order valence-electron chi connectivity index (χ1n) is 5.29. The van der Waals surface area contributed by atoms with Crippen LogP contribution in [0.25, 0.3) is 0 Å². The number of hydrogen-bond acceptors (Lipinski definition) is 2. The summed E-state index contributed by atoms with van der Waals surface area (Å²) < 4.78 is 5.93. The van der Waals surface area contributed by atoms with Gasteiger partial charge in [0, 0.05) is 12.3 Å². The van der Waals surface area contributed by atoms with E-state index in [0.29, 0.717) is 12.2 Å². The summed E-state index contributed by atoms with van der Waals surface area (Å²) >= 11 is 0. The Morgan fingerprint density at radius 3 is 2.77 bits per heavy atom. The molecule has 1 aliphatic heterocycles. The lowest BCUT2D eigenvalue weighted by molar-refractivity contribution is -0.167. The van der Waals surface area contributed by atoms with E-state index in [1.807, 2.05) is 13.8 Å². The van der Waals surface area contributed by atoms with E-state index in [0.717, 1.165) is 12.8 Å². The lowest BCUT2D eigenvalue weighted by Gasteiger charge is -2.42. The summed E-state index contributed by atoms with van der Waals surface area (Å²) in [6.07, 6.45) is 5.40. The zero-order chi connectivity index (χ0) is 9.47. The van der Waals surface area contributed by atoms with Gasteiger partial charge in [0.2, 0.25) is 0 Å². The highest BCUT2D eigenvalue weighted by Gasteiger charge is 2.41. The summed E-state index contributed by atoms with van der Waals surface area (Å²) in [5.74, 6) is 0.655. The van der Waals surface area contributed by atoms with Gasteiger partial charge in [0.05, 0.1) is 11.7 Å². The molecule has 1 saturated heterocycles. The van der Waals surface area contributed by atoms with E-state index < -0.39 is 0 Å². The van der Waals surface area contributed by atoms with Gasteiger partial charge in [0.25, 0.3) is 0 Å². The molecular formula is C11H18O2. The van der Waals surface area contributed by atoms with Crippen molar-refractivity contribution in [2.75, 3.05) is 0 Å². The van der Waals surface area contributed by atoms with Crippen LogP contribution >= 0.6 is 0 Å². The number of ketones is 1. The molecule has 0 spiro atoms. The maximum Gasteiger partial charge on any atom is 0.141 e. The van der Waals surface area contributed by atoms with E-state index in [4.69, 9.17) is 4.74 Å². The van der Waals surface area contributed by atoms with Crippen LogP contribution in [0.15, 0.2) is 0 Å². The van der Waals surface area contributed by atoms with Crippen molar-refractivity contribution in [1.29, 1.82) is 0 Å². The number of ether oxygens (including phenoxy) is 1. The highest BCUT2D eigenvalue weighted by molar-refractivity contribution is 5.83. The minimum Gasteiger partial charge on any atom is -0.371 e. The molecule has 2 aliphatic rings. The average molecular weight is 182 g/mol. The minimum absolute atomic E-state index is 0.213. The van der Waals surface area contributed by atoms with Crippen LogP contribution in [0.4, 0.5) is 0 Å². The maximum atomic E-state index is 11.8. The van der Waals surface area contributed by atoms with Crippen molar-refractivity contribution in [3.8, 4) is 0 Å². The van der Waals surface area contributed by atoms with Gasteiger partial charge >= 0.3 is 0 Å². The Kier molecular flexibility index (Phi) is 2.18. The van der Waals surface area contributed by atoms with Gasteiger partial charge < -0.3 is 4.74 Å².